The van der Waals surface area contributed by atoms with Gasteiger partial charge in [-0.1, -0.05) is 78.0 Å². The molecule has 2 aromatic heterocycles. The van der Waals surface area contributed by atoms with Crippen molar-refractivity contribution in [3.63, 3.8) is 0 Å². The Kier molecular flexibility index (Phi) is 7.60. The van der Waals surface area contributed by atoms with Crippen LogP contribution >= 0.6 is 23.4 Å². The Morgan fingerprint density at radius 1 is 0.972 bits per heavy atom. The number of pyridine rings is 1. The molecule has 182 valence electrons. The fourth-order valence-corrected chi connectivity index (χ4v) is 5.17. The predicted octanol–water partition coefficient (Wildman–Crippen LogP) is 7.28. The quantitative estimate of drug-likeness (QED) is 0.151. The van der Waals surface area contributed by atoms with E-state index in [1.165, 1.54) is 6.07 Å². The zero-order chi connectivity index (χ0) is 24.9. The lowest BCUT2D eigenvalue weighted by atomic mass is 10.0. The molecule has 0 aliphatic rings. The van der Waals surface area contributed by atoms with Gasteiger partial charge in [0.2, 0.25) is 0 Å². The van der Waals surface area contributed by atoms with E-state index in [9.17, 15) is 4.39 Å². The first-order chi connectivity index (χ1) is 17.6. The van der Waals surface area contributed by atoms with Crippen LogP contribution in [0.4, 0.5) is 4.39 Å². The first-order valence-corrected chi connectivity index (χ1v) is 12.9. The van der Waals surface area contributed by atoms with Crippen molar-refractivity contribution >= 4 is 34.3 Å². The molecule has 0 spiro atoms. The van der Waals surface area contributed by atoms with E-state index in [0.717, 1.165) is 50.7 Å². The molecule has 0 saturated carbocycles. The fourth-order valence-electron chi connectivity index (χ4n) is 4.06. The first kappa shape index (κ1) is 24.4. The van der Waals surface area contributed by atoms with E-state index in [2.05, 4.69) is 39.0 Å². The van der Waals surface area contributed by atoms with E-state index in [4.69, 9.17) is 21.3 Å². The first-order valence-electron chi connectivity index (χ1n) is 11.6. The Hall–Kier alpha value is -3.26. The maximum atomic E-state index is 13.6. The maximum absolute atomic E-state index is 13.6. The number of fused-ring (bicyclic) bond motifs is 1. The lowest BCUT2D eigenvalue weighted by molar-refractivity contribution is 0.189. The standard InChI is InChI=1S/C28H24ClFN4OS/c1-35-15-7-14-34-27(32-33-28(34)36-18-19-12-13-24(30)23(29)16-19)22-17-26(20-8-3-2-4-9-20)31-25-11-6-5-10-21(22)25/h2-6,8-13,16-17H,7,14-15,18H2,1H3. The van der Waals surface area contributed by atoms with Crippen LogP contribution in [0.3, 0.4) is 0 Å². The molecule has 0 radical (unpaired) electrons. The minimum absolute atomic E-state index is 0.118. The number of halogens is 2. The summed E-state index contributed by atoms with van der Waals surface area (Å²) in [7, 11) is 1.70. The average molecular weight is 519 g/mol. The van der Waals surface area contributed by atoms with E-state index in [1.807, 2.05) is 36.4 Å². The van der Waals surface area contributed by atoms with E-state index >= 15 is 0 Å². The molecule has 5 nitrogen and oxygen atoms in total. The number of hydrogen-bond acceptors (Lipinski definition) is 5. The van der Waals surface area contributed by atoms with Gasteiger partial charge < -0.3 is 9.30 Å². The van der Waals surface area contributed by atoms with Crippen molar-refractivity contribution in [1.29, 1.82) is 0 Å². The Labute approximate surface area is 218 Å². The molecule has 8 heteroatoms. The van der Waals surface area contributed by atoms with Crippen LogP contribution in [0.5, 0.6) is 0 Å². The van der Waals surface area contributed by atoms with Crippen LogP contribution in [-0.4, -0.2) is 33.5 Å². The molecule has 0 bridgehead atoms. The van der Waals surface area contributed by atoms with Crippen molar-refractivity contribution in [3.8, 4) is 22.6 Å². The number of thioether (sulfide) groups is 1. The monoisotopic (exact) mass is 518 g/mol. The Morgan fingerprint density at radius 3 is 2.58 bits per heavy atom. The van der Waals surface area contributed by atoms with E-state index in [0.29, 0.717) is 18.9 Å². The van der Waals surface area contributed by atoms with Crippen molar-refractivity contribution in [3.05, 3.63) is 95.3 Å². The zero-order valence-corrected chi connectivity index (χ0v) is 21.3. The van der Waals surface area contributed by atoms with Gasteiger partial charge in [0.25, 0.3) is 0 Å². The minimum Gasteiger partial charge on any atom is -0.385 e. The summed E-state index contributed by atoms with van der Waals surface area (Å²) in [4.78, 5) is 4.91. The highest BCUT2D eigenvalue weighted by Gasteiger charge is 2.18. The van der Waals surface area contributed by atoms with Crippen molar-refractivity contribution in [2.45, 2.75) is 23.9 Å². The summed E-state index contributed by atoms with van der Waals surface area (Å²) in [5.74, 6) is 0.949. The molecule has 0 fully saturated rings. The SMILES string of the molecule is COCCCn1c(SCc2ccc(F)c(Cl)c2)nnc1-c1cc(-c2ccccc2)nc2ccccc12. The number of nitrogens with zero attached hydrogens (tertiary/aromatic N) is 4. The van der Waals surface area contributed by atoms with Gasteiger partial charge in [0.05, 0.1) is 16.2 Å². The van der Waals surface area contributed by atoms with Gasteiger partial charge in [-0.2, -0.15) is 0 Å². The number of hydrogen-bond donors (Lipinski definition) is 0. The molecule has 0 saturated heterocycles. The second-order valence-corrected chi connectivity index (χ2v) is 9.63. The average Bonchev–Trinajstić information content (AvgIpc) is 3.31. The van der Waals surface area contributed by atoms with Gasteiger partial charge in [0.15, 0.2) is 11.0 Å². The van der Waals surface area contributed by atoms with Gasteiger partial charge in [-0.25, -0.2) is 9.37 Å². The summed E-state index contributed by atoms with van der Waals surface area (Å²) >= 11 is 7.53. The summed E-state index contributed by atoms with van der Waals surface area (Å²) < 4.78 is 21.0. The third kappa shape index (κ3) is 5.28. The van der Waals surface area contributed by atoms with Gasteiger partial charge in [-0.05, 0) is 36.2 Å². The van der Waals surface area contributed by atoms with Crippen LogP contribution in [0.25, 0.3) is 33.5 Å². The lowest BCUT2D eigenvalue weighted by Gasteiger charge is -2.13. The van der Waals surface area contributed by atoms with Crippen LogP contribution in [0.15, 0.2) is 84.0 Å². The zero-order valence-electron chi connectivity index (χ0n) is 19.7. The number of methoxy groups -OCH3 is 1. The van der Waals surface area contributed by atoms with Gasteiger partial charge >= 0.3 is 0 Å². The topological polar surface area (TPSA) is 52.8 Å². The number of ether oxygens (including phenoxy) is 1. The third-order valence-electron chi connectivity index (χ3n) is 5.83. The molecule has 0 unspecified atom stereocenters. The second kappa shape index (κ2) is 11.2. The summed E-state index contributed by atoms with van der Waals surface area (Å²) in [6.45, 7) is 1.32. The smallest absolute Gasteiger partial charge is 0.191 e. The van der Waals surface area contributed by atoms with Crippen LogP contribution in [0, 0.1) is 5.82 Å². The Morgan fingerprint density at radius 2 is 1.78 bits per heavy atom. The Bertz CT molecular complexity index is 1490. The van der Waals surface area contributed by atoms with Crippen LogP contribution < -0.4 is 0 Å². The Balaban J connectivity index is 1.57. The number of para-hydroxylation sites is 1. The highest BCUT2D eigenvalue weighted by atomic mass is 35.5. The van der Waals surface area contributed by atoms with E-state index in [1.54, 1.807) is 31.0 Å². The maximum Gasteiger partial charge on any atom is 0.191 e. The summed E-state index contributed by atoms with van der Waals surface area (Å²) in [6.07, 6.45) is 0.812. The normalized spacial score (nSPS) is 11.3. The van der Waals surface area contributed by atoms with Crippen molar-refractivity contribution in [2.24, 2.45) is 0 Å². The molecule has 0 aliphatic carbocycles. The van der Waals surface area contributed by atoms with E-state index in [-0.39, 0.29) is 5.02 Å². The van der Waals surface area contributed by atoms with Crippen LogP contribution in [0.2, 0.25) is 5.02 Å². The highest BCUT2D eigenvalue weighted by molar-refractivity contribution is 7.98. The molecule has 5 rings (SSSR count). The predicted molar refractivity (Wildman–Crippen MR) is 144 cm³/mol. The second-order valence-electron chi connectivity index (χ2n) is 8.28. The largest absolute Gasteiger partial charge is 0.385 e. The molecule has 3 aromatic carbocycles. The van der Waals surface area contributed by atoms with Crippen molar-refractivity contribution in [2.75, 3.05) is 13.7 Å². The van der Waals surface area contributed by atoms with Crippen molar-refractivity contribution < 1.29 is 9.13 Å². The van der Waals surface area contributed by atoms with Gasteiger partial charge in [0.1, 0.15) is 5.82 Å². The van der Waals surface area contributed by atoms with Crippen molar-refractivity contribution in [1.82, 2.24) is 19.7 Å². The lowest BCUT2D eigenvalue weighted by Crippen LogP contribution is -2.06. The van der Waals surface area contributed by atoms with E-state index < -0.39 is 5.82 Å². The third-order valence-corrected chi connectivity index (χ3v) is 7.15. The van der Waals surface area contributed by atoms with Gasteiger partial charge in [-0.3, -0.25) is 0 Å². The molecule has 0 N–H and O–H groups in total. The molecule has 5 aromatic rings. The summed E-state index contributed by atoms with van der Waals surface area (Å²) in [5, 5.41) is 11.1. The van der Waals surface area contributed by atoms with Gasteiger partial charge in [-0.15, -0.1) is 10.2 Å². The van der Waals surface area contributed by atoms with Crippen LogP contribution in [0.1, 0.15) is 12.0 Å². The van der Waals surface area contributed by atoms with Crippen LogP contribution in [-0.2, 0) is 17.0 Å². The summed E-state index contributed by atoms with van der Waals surface area (Å²) in [6, 6.07) is 25.1. The molecule has 0 aliphatic heterocycles. The molecule has 0 atom stereocenters. The van der Waals surface area contributed by atoms with Gasteiger partial charge in [0, 0.05) is 42.5 Å². The molecular formula is C28H24ClFN4OS. The fraction of sp³-hybridized carbons (Fsp3) is 0.179. The minimum atomic E-state index is -0.422. The molecule has 2 heterocycles. The number of rotatable bonds is 9. The number of benzene rings is 3. The number of aromatic nitrogens is 4. The highest BCUT2D eigenvalue weighted by Crippen LogP contribution is 2.34. The molecule has 36 heavy (non-hydrogen) atoms. The molecular weight excluding hydrogens is 495 g/mol. The summed E-state index contributed by atoms with van der Waals surface area (Å²) in [5.41, 5.74) is 4.71. The molecule has 0 amide bonds.